The highest BCUT2D eigenvalue weighted by atomic mass is 16.5. The summed E-state index contributed by atoms with van der Waals surface area (Å²) < 4.78 is 5.60. The summed E-state index contributed by atoms with van der Waals surface area (Å²) in [6.07, 6.45) is 5.11. The van der Waals surface area contributed by atoms with Gasteiger partial charge in [0, 0.05) is 38.2 Å². The molecule has 1 N–H and O–H groups in total. The van der Waals surface area contributed by atoms with E-state index >= 15 is 0 Å². The molecule has 0 spiro atoms. The van der Waals surface area contributed by atoms with Crippen LogP contribution in [0.1, 0.15) is 32.8 Å². The molecule has 20 heavy (non-hydrogen) atoms. The number of hydrogen-bond donors (Lipinski definition) is 1. The van der Waals surface area contributed by atoms with Gasteiger partial charge in [0.15, 0.2) is 0 Å². The maximum Gasteiger partial charge on any atom is 0.225 e. The van der Waals surface area contributed by atoms with Crippen molar-refractivity contribution in [3.8, 4) is 0 Å². The first-order valence-corrected chi connectivity index (χ1v) is 7.44. The second-order valence-corrected chi connectivity index (χ2v) is 5.96. The Bertz CT molecular complexity index is 407. The summed E-state index contributed by atoms with van der Waals surface area (Å²) >= 11 is 0. The van der Waals surface area contributed by atoms with Crippen LogP contribution in [-0.4, -0.2) is 42.3 Å². The molecule has 5 nitrogen and oxygen atoms in total. The Balaban J connectivity index is 1.90. The van der Waals surface area contributed by atoms with Crippen LogP contribution in [0.25, 0.3) is 0 Å². The van der Waals surface area contributed by atoms with Crippen molar-refractivity contribution in [1.82, 2.24) is 15.3 Å². The Labute approximate surface area is 121 Å². The third-order valence-electron chi connectivity index (χ3n) is 3.72. The predicted molar refractivity (Wildman–Crippen MR) is 80.8 cm³/mol. The smallest absolute Gasteiger partial charge is 0.225 e. The molecule has 0 saturated carbocycles. The third kappa shape index (κ3) is 3.90. The van der Waals surface area contributed by atoms with Crippen molar-refractivity contribution in [3.05, 3.63) is 18.0 Å². The highest BCUT2D eigenvalue weighted by Crippen LogP contribution is 2.21. The van der Waals surface area contributed by atoms with Gasteiger partial charge in [0.2, 0.25) is 5.95 Å². The summed E-state index contributed by atoms with van der Waals surface area (Å²) in [6.45, 7) is 9.17. The van der Waals surface area contributed by atoms with E-state index in [4.69, 9.17) is 4.74 Å². The summed E-state index contributed by atoms with van der Waals surface area (Å²) in [5, 5.41) is 3.40. The lowest BCUT2D eigenvalue weighted by Crippen LogP contribution is -2.37. The van der Waals surface area contributed by atoms with Crippen molar-refractivity contribution in [2.24, 2.45) is 5.92 Å². The molecule has 0 bridgehead atoms. The van der Waals surface area contributed by atoms with Gasteiger partial charge in [0.1, 0.15) is 0 Å². The average molecular weight is 278 g/mol. The first kappa shape index (κ1) is 15.2. The standard InChI is InChI=1S/C15H26N4O/c1-11(2)7-16-8-13-9-17-15(18-10-13)19(4)14-5-6-20-12(14)3/h9-12,14,16H,5-8H2,1-4H3. The van der Waals surface area contributed by atoms with Crippen LogP contribution in [0.15, 0.2) is 12.4 Å². The molecule has 2 heterocycles. The van der Waals surface area contributed by atoms with Crippen LogP contribution in [0, 0.1) is 5.92 Å². The molecule has 112 valence electrons. The SMILES string of the molecule is CC(C)CNCc1cnc(N(C)C2CCOC2C)nc1. The summed E-state index contributed by atoms with van der Waals surface area (Å²) in [4.78, 5) is 11.1. The van der Waals surface area contributed by atoms with E-state index in [1.165, 1.54) is 0 Å². The number of anilines is 1. The first-order chi connectivity index (χ1) is 9.58. The van der Waals surface area contributed by atoms with E-state index in [0.717, 1.165) is 37.6 Å². The Kier molecular flexibility index (Phi) is 5.31. The first-order valence-electron chi connectivity index (χ1n) is 7.44. The number of aromatic nitrogens is 2. The molecule has 1 aromatic heterocycles. The number of hydrogen-bond acceptors (Lipinski definition) is 5. The quantitative estimate of drug-likeness (QED) is 0.860. The number of rotatable bonds is 6. The van der Waals surface area contributed by atoms with Crippen molar-refractivity contribution >= 4 is 5.95 Å². The van der Waals surface area contributed by atoms with Crippen LogP contribution in [0.4, 0.5) is 5.95 Å². The largest absolute Gasteiger partial charge is 0.376 e. The molecule has 0 aliphatic carbocycles. The van der Waals surface area contributed by atoms with E-state index in [0.29, 0.717) is 12.0 Å². The highest BCUT2D eigenvalue weighted by Gasteiger charge is 2.29. The second-order valence-electron chi connectivity index (χ2n) is 5.96. The summed E-state index contributed by atoms with van der Waals surface area (Å²) in [5.74, 6) is 1.44. The fourth-order valence-corrected chi connectivity index (χ4v) is 2.50. The summed E-state index contributed by atoms with van der Waals surface area (Å²) in [6, 6.07) is 0.375. The van der Waals surface area contributed by atoms with Crippen LogP contribution < -0.4 is 10.2 Å². The van der Waals surface area contributed by atoms with Gasteiger partial charge in [0.25, 0.3) is 0 Å². The summed E-state index contributed by atoms with van der Waals surface area (Å²) in [5.41, 5.74) is 1.12. The van der Waals surface area contributed by atoms with Gasteiger partial charge in [-0.3, -0.25) is 0 Å². The minimum Gasteiger partial charge on any atom is -0.376 e. The van der Waals surface area contributed by atoms with Gasteiger partial charge >= 0.3 is 0 Å². The zero-order valence-corrected chi connectivity index (χ0v) is 13.0. The summed E-state index contributed by atoms with van der Waals surface area (Å²) in [7, 11) is 2.04. The Morgan fingerprint density at radius 3 is 2.65 bits per heavy atom. The molecule has 2 atom stereocenters. The molecule has 0 aromatic carbocycles. The monoisotopic (exact) mass is 278 g/mol. The van der Waals surface area contributed by atoms with Crippen LogP contribution in [0.2, 0.25) is 0 Å². The van der Waals surface area contributed by atoms with Crippen LogP contribution in [0.3, 0.4) is 0 Å². The molecule has 0 amide bonds. The van der Waals surface area contributed by atoms with Crippen molar-refractivity contribution in [2.45, 2.75) is 45.9 Å². The van der Waals surface area contributed by atoms with Crippen LogP contribution >= 0.6 is 0 Å². The van der Waals surface area contributed by atoms with Gasteiger partial charge in [-0.25, -0.2) is 9.97 Å². The van der Waals surface area contributed by atoms with Gasteiger partial charge in [-0.15, -0.1) is 0 Å². The normalized spacial score (nSPS) is 22.4. The van der Waals surface area contributed by atoms with Gasteiger partial charge in [-0.2, -0.15) is 0 Å². The fourth-order valence-electron chi connectivity index (χ4n) is 2.50. The molecule has 1 fully saturated rings. The van der Waals surface area contributed by atoms with Gasteiger partial charge in [-0.1, -0.05) is 13.8 Å². The second kappa shape index (κ2) is 6.99. The van der Waals surface area contributed by atoms with Crippen LogP contribution in [-0.2, 0) is 11.3 Å². The van der Waals surface area contributed by atoms with E-state index in [1.54, 1.807) is 0 Å². The maximum absolute atomic E-state index is 5.60. The van der Waals surface area contributed by atoms with Gasteiger partial charge in [-0.05, 0) is 25.8 Å². The maximum atomic E-state index is 5.60. The number of ether oxygens (including phenoxy) is 1. The molecular formula is C15H26N4O. The van der Waals surface area contributed by atoms with Crippen molar-refractivity contribution in [2.75, 3.05) is 25.1 Å². The molecule has 5 heteroatoms. The fraction of sp³-hybridized carbons (Fsp3) is 0.733. The lowest BCUT2D eigenvalue weighted by Gasteiger charge is -2.26. The number of likely N-dealkylation sites (N-methyl/N-ethyl adjacent to an activating group) is 1. The molecule has 0 radical (unpaired) electrons. The molecule has 1 aliphatic rings. The Morgan fingerprint density at radius 2 is 2.10 bits per heavy atom. The van der Waals surface area contributed by atoms with Crippen LogP contribution in [0.5, 0.6) is 0 Å². The number of nitrogens with zero attached hydrogens (tertiary/aromatic N) is 3. The zero-order valence-electron chi connectivity index (χ0n) is 13.0. The predicted octanol–water partition coefficient (Wildman–Crippen LogP) is 1.84. The molecule has 1 aliphatic heterocycles. The topological polar surface area (TPSA) is 50.3 Å². The van der Waals surface area contributed by atoms with Gasteiger partial charge in [0.05, 0.1) is 12.1 Å². The molecule has 2 rings (SSSR count). The van der Waals surface area contributed by atoms with Crippen molar-refractivity contribution in [1.29, 1.82) is 0 Å². The Morgan fingerprint density at radius 1 is 1.40 bits per heavy atom. The van der Waals surface area contributed by atoms with E-state index in [-0.39, 0.29) is 6.10 Å². The van der Waals surface area contributed by atoms with E-state index < -0.39 is 0 Å². The minimum atomic E-state index is 0.246. The van der Waals surface area contributed by atoms with Crippen molar-refractivity contribution in [3.63, 3.8) is 0 Å². The van der Waals surface area contributed by atoms with E-state index in [1.807, 2.05) is 19.4 Å². The molecule has 2 unspecified atom stereocenters. The molecule has 1 aromatic rings. The number of nitrogens with one attached hydrogen (secondary N) is 1. The molecule has 1 saturated heterocycles. The van der Waals surface area contributed by atoms with Crippen molar-refractivity contribution < 1.29 is 4.74 Å². The minimum absolute atomic E-state index is 0.246. The van der Waals surface area contributed by atoms with E-state index in [2.05, 4.69) is 41.0 Å². The Hall–Kier alpha value is -1.20. The van der Waals surface area contributed by atoms with E-state index in [9.17, 15) is 0 Å². The molecular weight excluding hydrogens is 252 g/mol. The lowest BCUT2D eigenvalue weighted by atomic mass is 10.1. The average Bonchev–Trinajstić information content (AvgIpc) is 2.84. The zero-order chi connectivity index (χ0) is 14.5. The lowest BCUT2D eigenvalue weighted by molar-refractivity contribution is 0.118. The third-order valence-corrected chi connectivity index (χ3v) is 3.72. The highest BCUT2D eigenvalue weighted by molar-refractivity contribution is 5.31. The van der Waals surface area contributed by atoms with Gasteiger partial charge < -0.3 is 15.0 Å².